The number of anilines is 2. The van der Waals surface area contributed by atoms with Crippen LogP contribution in [-0.4, -0.2) is 28.6 Å². The highest BCUT2D eigenvalue weighted by molar-refractivity contribution is 7.15. The summed E-state index contributed by atoms with van der Waals surface area (Å²) in [6.07, 6.45) is 2.82. The van der Waals surface area contributed by atoms with Gasteiger partial charge in [0.25, 0.3) is 0 Å². The summed E-state index contributed by atoms with van der Waals surface area (Å²) in [6, 6.07) is 18.1. The van der Waals surface area contributed by atoms with Crippen molar-refractivity contribution in [1.29, 1.82) is 0 Å². The maximum absolute atomic E-state index is 12.7. The lowest BCUT2D eigenvalue weighted by Crippen LogP contribution is -2.28. The van der Waals surface area contributed by atoms with Gasteiger partial charge >= 0.3 is 0 Å². The highest BCUT2D eigenvalue weighted by Crippen LogP contribution is 2.27. The maximum atomic E-state index is 12.7. The summed E-state index contributed by atoms with van der Waals surface area (Å²) in [5, 5.41) is 12.5. The van der Waals surface area contributed by atoms with Gasteiger partial charge in [-0.25, -0.2) is 0 Å². The van der Waals surface area contributed by atoms with E-state index in [1.807, 2.05) is 42.5 Å². The summed E-state index contributed by atoms with van der Waals surface area (Å²) >= 11 is 1.39. The Balaban J connectivity index is 1.33. The Kier molecular flexibility index (Phi) is 6.18. The molecule has 2 aromatic carbocycles. The number of benzene rings is 2. The topological polar surface area (TPSA) is 75.2 Å². The summed E-state index contributed by atoms with van der Waals surface area (Å²) in [6.45, 7) is 2.48. The van der Waals surface area contributed by atoms with Crippen LogP contribution >= 0.6 is 11.3 Å². The lowest BCUT2D eigenvalue weighted by molar-refractivity contribution is -0.122. The summed E-state index contributed by atoms with van der Waals surface area (Å²) in [7, 11) is 0. The van der Waals surface area contributed by atoms with Crippen LogP contribution in [0.2, 0.25) is 0 Å². The zero-order valence-electron chi connectivity index (χ0n) is 16.9. The van der Waals surface area contributed by atoms with Gasteiger partial charge in [0.15, 0.2) is 0 Å². The van der Waals surface area contributed by atoms with Crippen LogP contribution < -0.4 is 10.2 Å². The molecule has 4 rings (SSSR count). The number of carbonyl (C=O) groups is 2. The Hall–Kier alpha value is -3.06. The molecule has 0 spiro atoms. The summed E-state index contributed by atoms with van der Waals surface area (Å²) in [5.74, 6) is -0.595. The van der Waals surface area contributed by atoms with E-state index in [9.17, 15) is 9.59 Å². The molecule has 1 unspecified atom stereocenters. The Bertz CT molecular complexity index is 1020. The van der Waals surface area contributed by atoms with Crippen LogP contribution in [0.4, 0.5) is 10.8 Å². The van der Waals surface area contributed by atoms with E-state index in [2.05, 4.69) is 34.6 Å². The molecule has 3 aromatic rings. The number of nitrogens with one attached hydrogen (secondary N) is 1. The molecule has 2 heterocycles. The standard InChI is InChI=1S/C23H24N4O2S/c1-2-16-8-11-19(12-9-16)27-15-18(14-21(27)28)22(29)24-23-26-25-20(30-23)13-10-17-6-4-3-5-7-17/h3-9,11-12,18H,2,10,13-15H2,1H3,(H,24,26,29). The first kappa shape index (κ1) is 20.2. The number of aryl methyl sites for hydroxylation is 3. The monoisotopic (exact) mass is 420 g/mol. The molecule has 1 atom stereocenters. The number of rotatable bonds is 7. The zero-order chi connectivity index (χ0) is 20.9. The Morgan fingerprint density at radius 3 is 2.57 bits per heavy atom. The Morgan fingerprint density at radius 1 is 1.07 bits per heavy atom. The molecule has 1 aliphatic rings. The van der Waals surface area contributed by atoms with Gasteiger partial charge in [0.05, 0.1) is 5.92 Å². The molecule has 1 aromatic heterocycles. The highest BCUT2D eigenvalue weighted by Gasteiger charge is 2.35. The molecule has 0 radical (unpaired) electrons. The number of carbonyl (C=O) groups excluding carboxylic acids is 2. The minimum Gasteiger partial charge on any atom is -0.312 e. The second-order valence-corrected chi connectivity index (χ2v) is 8.46. The predicted octanol–water partition coefficient (Wildman–Crippen LogP) is 3.88. The van der Waals surface area contributed by atoms with Crippen LogP contribution in [0.5, 0.6) is 0 Å². The SMILES string of the molecule is CCc1ccc(N2CC(C(=O)Nc3nnc(CCc4ccccc4)s3)CC2=O)cc1. The van der Waals surface area contributed by atoms with Gasteiger partial charge in [-0.15, -0.1) is 10.2 Å². The molecule has 0 aliphatic carbocycles. The normalized spacial score (nSPS) is 16.1. The van der Waals surface area contributed by atoms with E-state index < -0.39 is 0 Å². The van der Waals surface area contributed by atoms with Gasteiger partial charge in [-0.2, -0.15) is 0 Å². The third-order valence-electron chi connectivity index (χ3n) is 5.32. The van der Waals surface area contributed by atoms with Crippen LogP contribution in [0.3, 0.4) is 0 Å². The van der Waals surface area contributed by atoms with Gasteiger partial charge in [0, 0.05) is 25.1 Å². The Morgan fingerprint density at radius 2 is 1.83 bits per heavy atom. The highest BCUT2D eigenvalue weighted by atomic mass is 32.1. The van der Waals surface area contributed by atoms with Crippen LogP contribution in [0.1, 0.15) is 29.5 Å². The summed E-state index contributed by atoms with van der Waals surface area (Å²) in [5.41, 5.74) is 3.31. The molecular formula is C23H24N4O2S. The fourth-order valence-corrected chi connectivity index (χ4v) is 4.30. The molecule has 0 saturated carbocycles. The fraction of sp³-hybridized carbons (Fsp3) is 0.304. The second-order valence-electron chi connectivity index (χ2n) is 7.40. The van der Waals surface area contributed by atoms with Crippen molar-refractivity contribution >= 4 is 34.0 Å². The third-order valence-corrected chi connectivity index (χ3v) is 6.22. The lowest BCUT2D eigenvalue weighted by Gasteiger charge is -2.17. The molecule has 1 aliphatic heterocycles. The molecule has 1 N–H and O–H groups in total. The molecule has 6 nitrogen and oxygen atoms in total. The molecule has 1 fully saturated rings. The summed E-state index contributed by atoms with van der Waals surface area (Å²) in [4.78, 5) is 26.8. The van der Waals surface area contributed by atoms with Gasteiger partial charge in [-0.05, 0) is 36.1 Å². The van der Waals surface area contributed by atoms with Crippen LogP contribution in [0.25, 0.3) is 0 Å². The quantitative estimate of drug-likeness (QED) is 0.629. The molecule has 7 heteroatoms. The van der Waals surface area contributed by atoms with E-state index in [0.29, 0.717) is 11.7 Å². The van der Waals surface area contributed by atoms with Crippen molar-refractivity contribution in [2.45, 2.75) is 32.6 Å². The van der Waals surface area contributed by atoms with Gasteiger partial charge in [0.1, 0.15) is 5.01 Å². The molecular weight excluding hydrogens is 396 g/mol. The smallest absolute Gasteiger partial charge is 0.231 e. The largest absolute Gasteiger partial charge is 0.312 e. The fourth-order valence-electron chi connectivity index (χ4n) is 3.55. The van der Waals surface area contributed by atoms with Crippen molar-refractivity contribution in [2.75, 3.05) is 16.8 Å². The molecule has 154 valence electrons. The number of amides is 2. The average Bonchev–Trinajstić information content (AvgIpc) is 3.39. The minimum atomic E-state index is -0.389. The number of hydrogen-bond donors (Lipinski definition) is 1. The van der Waals surface area contributed by atoms with E-state index in [1.165, 1.54) is 22.5 Å². The molecule has 1 saturated heterocycles. The first-order valence-electron chi connectivity index (χ1n) is 10.2. The van der Waals surface area contributed by atoms with Gasteiger partial charge in [0.2, 0.25) is 16.9 Å². The molecule has 30 heavy (non-hydrogen) atoms. The summed E-state index contributed by atoms with van der Waals surface area (Å²) < 4.78 is 0. The van der Waals surface area contributed by atoms with Crippen LogP contribution in [0.15, 0.2) is 54.6 Å². The number of aromatic nitrogens is 2. The van der Waals surface area contributed by atoms with Crippen LogP contribution in [0, 0.1) is 5.92 Å². The third kappa shape index (κ3) is 4.74. The van der Waals surface area contributed by atoms with E-state index in [1.54, 1.807) is 4.90 Å². The minimum absolute atomic E-state index is 0.0276. The number of nitrogens with zero attached hydrogens (tertiary/aromatic N) is 3. The average molecular weight is 421 g/mol. The van der Waals surface area contributed by atoms with Gasteiger partial charge < -0.3 is 10.2 Å². The van der Waals surface area contributed by atoms with Crippen molar-refractivity contribution in [3.63, 3.8) is 0 Å². The van der Waals surface area contributed by atoms with Gasteiger partial charge in [-0.3, -0.25) is 9.59 Å². The lowest BCUT2D eigenvalue weighted by atomic mass is 10.1. The van der Waals surface area contributed by atoms with Crippen molar-refractivity contribution in [1.82, 2.24) is 10.2 Å². The first-order valence-corrected chi connectivity index (χ1v) is 11.0. The van der Waals surface area contributed by atoms with E-state index in [-0.39, 0.29) is 24.2 Å². The van der Waals surface area contributed by atoms with Gasteiger partial charge in [-0.1, -0.05) is 60.7 Å². The zero-order valence-corrected chi connectivity index (χ0v) is 17.7. The molecule has 2 amide bonds. The Labute approximate surface area is 180 Å². The van der Waals surface area contributed by atoms with Crippen molar-refractivity contribution in [3.8, 4) is 0 Å². The van der Waals surface area contributed by atoms with E-state index >= 15 is 0 Å². The van der Waals surface area contributed by atoms with E-state index in [4.69, 9.17) is 0 Å². The predicted molar refractivity (Wildman–Crippen MR) is 119 cm³/mol. The van der Waals surface area contributed by atoms with Crippen LogP contribution in [-0.2, 0) is 28.9 Å². The number of hydrogen-bond acceptors (Lipinski definition) is 5. The maximum Gasteiger partial charge on any atom is 0.231 e. The second kappa shape index (κ2) is 9.17. The molecule has 0 bridgehead atoms. The van der Waals surface area contributed by atoms with E-state index in [0.717, 1.165) is 30.0 Å². The van der Waals surface area contributed by atoms with Crippen molar-refractivity contribution in [3.05, 3.63) is 70.7 Å². The van der Waals surface area contributed by atoms with Crippen molar-refractivity contribution in [2.24, 2.45) is 5.92 Å². The first-order chi connectivity index (χ1) is 14.6. The van der Waals surface area contributed by atoms with Crippen molar-refractivity contribution < 1.29 is 9.59 Å².